The van der Waals surface area contributed by atoms with Crippen LogP contribution in [0.4, 0.5) is 0 Å². The number of hydrogen-bond acceptors (Lipinski definition) is 3. The van der Waals surface area contributed by atoms with E-state index in [4.69, 9.17) is 9.47 Å². The lowest BCUT2D eigenvalue weighted by molar-refractivity contribution is -0.134. The minimum absolute atomic E-state index is 0.260. The van der Waals surface area contributed by atoms with Gasteiger partial charge in [0.15, 0.2) is 11.5 Å². The Morgan fingerprint density at radius 2 is 1.86 bits per heavy atom. The van der Waals surface area contributed by atoms with Crippen LogP contribution in [0, 0.1) is 17.8 Å². The molecule has 1 aliphatic heterocycles. The maximum atomic E-state index is 12.5. The quantitative estimate of drug-likeness (QED) is 0.857. The zero-order chi connectivity index (χ0) is 14.4. The van der Waals surface area contributed by atoms with Crippen molar-refractivity contribution in [1.82, 2.24) is 4.90 Å². The summed E-state index contributed by atoms with van der Waals surface area (Å²) in [6.07, 6.45) is 3.57. The van der Waals surface area contributed by atoms with Gasteiger partial charge in [-0.1, -0.05) is 6.07 Å². The van der Waals surface area contributed by atoms with Crippen molar-refractivity contribution in [2.24, 2.45) is 17.8 Å². The van der Waals surface area contributed by atoms with Crippen LogP contribution in [0.3, 0.4) is 0 Å². The summed E-state index contributed by atoms with van der Waals surface area (Å²) in [6, 6.07) is 5.95. The van der Waals surface area contributed by atoms with Crippen molar-refractivity contribution in [3.8, 4) is 11.5 Å². The summed E-state index contributed by atoms with van der Waals surface area (Å²) in [5, 5.41) is 0. The van der Waals surface area contributed by atoms with Gasteiger partial charge in [0.2, 0.25) is 5.91 Å². The Balaban J connectivity index is 1.41. The van der Waals surface area contributed by atoms with Crippen LogP contribution < -0.4 is 9.47 Å². The van der Waals surface area contributed by atoms with Crippen LogP contribution in [0.25, 0.3) is 0 Å². The lowest BCUT2D eigenvalue weighted by atomic mass is 10.0. The molecule has 0 saturated heterocycles. The Hall–Kier alpha value is -1.71. The summed E-state index contributed by atoms with van der Waals surface area (Å²) in [7, 11) is 1.91. The number of hydrogen-bond donors (Lipinski definition) is 0. The van der Waals surface area contributed by atoms with E-state index in [-0.39, 0.29) is 5.92 Å². The Kier molecular flexibility index (Phi) is 3.05. The van der Waals surface area contributed by atoms with Gasteiger partial charge in [0.05, 0.1) is 0 Å². The van der Waals surface area contributed by atoms with Crippen LogP contribution >= 0.6 is 0 Å². The van der Waals surface area contributed by atoms with Gasteiger partial charge in [-0.25, -0.2) is 0 Å². The topological polar surface area (TPSA) is 38.8 Å². The fourth-order valence-electron chi connectivity index (χ4n) is 3.77. The molecule has 4 heteroatoms. The van der Waals surface area contributed by atoms with E-state index in [0.29, 0.717) is 25.7 Å². The van der Waals surface area contributed by atoms with Crippen molar-refractivity contribution >= 4 is 5.91 Å². The Morgan fingerprint density at radius 3 is 2.62 bits per heavy atom. The Morgan fingerprint density at radius 1 is 1.14 bits per heavy atom. The highest BCUT2D eigenvalue weighted by molar-refractivity contribution is 5.79. The highest BCUT2D eigenvalue weighted by atomic mass is 16.6. The largest absolute Gasteiger partial charge is 0.486 e. The summed E-state index contributed by atoms with van der Waals surface area (Å²) >= 11 is 0. The standard InChI is InChI=1S/C17H21NO3/c1-18(17(19)14-8-12-7-13(12)9-14)10-11-2-3-15-16(6-11)21-5-4-20-15/h2-3,6,12-14H,4-5,7-10H2,1H3. The molecule has 4 nitrogen and oxygen atoms in total. The summed E-state index contributed by atoms with van der Waals surface area (Å²) in [5.41, 5.74) is 1.10. The molecule has 2 unspecified atom stereocenters. The van der Waals surface area contributed by atoms with Gasteiger partial charge in [-0.05, 0) is 48.8 Å². The van der Waals surface area contributed by atoms with E-state index in [1.165, 1.54) is 6.42 Å². The van der Waals surface area contributed by atoms with Crippen molar-refractivity contribution < 1.29 is 14.3 Å². The number of nitrogens with zero attached hydrogens (tertiary/aromatic N) is 1. The molecule has 2 aliphatic carbocycles. The summed E-state index contributed by atoms with van der Waals surface area (Å²) < 4.78 is 11.1. The number of ether oxygens (including phenoxy) is 2. The van der Waals surface area contributed by atoms with Crippen molar-refractivity contribution in [2.45, 2.75) is 25.8 Å². The van der Waals surface area contributed by atoms with E-state index in [0.717, 1.165) is 41.7 Å². The molecule has 1 aromatic carbocycles. The van der Waals surface area contributed by atoms with E-state index in [1.54, 1.807) is 0 Å². The zero-order valence-electron chi connectivity index (χ0n) is 12.4. The smallest absolute Gasteiger partial charge is 0.225 e. The Bertz CT molecular complexity index is 561. The lowest BCUT2D eigenvalue weighted by Crippen LogP contribution is -2.32. The number of carbonyl (C=O) groups is 1. The second kappa shape index (κ2) is 4.93. The van der Waals surface area contributed by atoms with Gasteiger partial charge in [-0.15, -0.1) is 0 Å². The molecule has 0 bridgehead atoms. The molecule has 0 N–H and O–H groups in total. The van der Waals surface area contributed by atoms with Gasteiger partial charge in [0.1, 0.15) is 13.2 Å². The summed E-state index contributed by atoms with van der Waals surface area (Å²) in [4.78, 5) is 14.3. The molecule has 4 rings (SSSR count). The van der Waals surface area contributed by atoms with E-state index in [1.807, 2.05) is 30.1 Å². The minimum atomic E-state index is 0.260. The van der Waals surface area contributed by atoms with Crippen LogP contribution in [0.1, 0.15) is 24.8 Å². The maximum absolute atomic E-state index is 12.5. The lowest BCUT2D eigenvalue weighted by Gasteiger charge is -2.23. The molecule has 3 aliphatic rings. The first kappa shape index (κ1) is 13.0. The Labute approximate surface area is 125 Å². The van der Waals surface area contributed by atoms with Crippen LogP contribution in [0.5, 0.6) is 11.5 Å². The van der Waals surface area contributed by atoms with Crippen LogP contribution in [0.2, 0.25) is 0 Å². The third kappa shape index (κ3) is 2.47. The highest BCUT2D eigenvalue weighted by Crippen LogP contribution is 2.54. The molecule has 0 spiro atoms. The average molecular weight is 287 g/mol. The molecule has 2 atom stereocenters. The number of carbonyl (C=O) groups excluding carboxylic acids is 1. The van der Waals surface area contributed by atoms with Gasteiger partial charge >= 0.3 is 0 Å². The molecule has 2 fully saturated rings. The number of amides is 1. The van der Waals surface area contributed by atoms with E-state index < -0.39 is 0 Å². The van der Waals surface area contributed by atoms with E-state index in [9.17, 15) is 4.79 Å². The van der Waals surface area contributed by atoms with Gasteiger partial charge < -0.3 is 14.4 Å². The maximum Gasteiger partial charge on any atom is 0.225 e. The molecule has 0 aromatic heterocycles. The second-order valence-corrected chi connectivity index (χ2v) is 6.60. The van der Waals surface area contributed by atoms with Crippen molar-refractivity contribution in [1.29, 1.82) is 0 Å². The fourth-order valence-corrected chi connectivity index (χ4v) is 3.77. The zero-order valence-corrected chi connectivity index (χ0v) is 12.4. The number of rotatable bonds is 3. The van der Waals surface area contributed by atoms with Gasteiger partial charge in [0.25, 0.3) is 0 Å². The molecular formula is C17H21NO3. The van der Waals surface area contributed by atoms with E-state index in [2.05, 4.69) is 0 Å². The molecule has 1 aromatic rings. The van der Waals surface area contributed by atoms with Crippen LogP contribution in [-0.2, 0) is 11.3 Å². The molecular weight excluding hydrogens is 266 g/mol. The van der Waals surface area contributed by atoms with E-state index >= 15 is 0 Å². The van der Waals surface area contributed by atoms with Crippen molar-refractivity contribution in [2.75, 3.05) is 20.3 Å². The third-order valence-corrected chi connectivity index (χ3v) is 5.00. The number of fused-ring (bicyclic) bond motifs is 2. The van der Waals surface area contributed by atoms with Crippen molar-refractivity contribution in [3.63, 3.8) is 0 Å². The predicted octanol–water partition coefficient (Wildman–Crippen LogP) is 2.46. The monoisotopic (exact) mass is 287 g/mol. The minimum Gasteiger partial charge on any atom is -0.486 e. The van der Waals surface area contributed by atoms with Crippen molar-refractivity contribution in [3.05, 3.63) is 23.8 Å². The highest BCUT2D eigenvalue weighted by Gasteiger charge is 2.48. The molecule has 2 saturated carbocycles. The first-order valence-electron chi connectivity index (χ1n) is 7.84. The summed E-state index contributed by atoms with van der Waals surface area (Å²) in [5.74, 6) is 3.85. The summed E-state index contributed by atoms with van der Waals surface area (Å²) in [6.45, 7) is 1.84. The molecule has 1 heterocycles. The van der Waals surface area contributed by atoms with Crippen LogP contribution in [0.15, 0.2) is 18.2 Å². The van der Waals surface area contributed by atoms with Gasteiger partial charge in [0, 0.05) is 19.5 Å². The first-order chi connectivity index (χ1) is 10.2. The molecule has 21 heavy (non-hydrogen) atoms. The van der Waals surface area contributed by atoms with Gasteiger partial charge in [-0.3, -0.25) is 4.79 Å². The second-order valence-electron chi connectivity index (χ2n) is 6.60. The molecule has 1 amide bonds. The first-order valence-corrected chi connectivity index (χ1v) is 7.84. The molecule has 112 valence electrons. The number of benzene rings is 1. The predicted molar refractivity (Wildman–Crippen MR) is 78.2 cm³/mol. The fraction of sp³-hybridized carbons (Fsp3) is 0.588. The van der Waals surface area contributed by atoms with Gasteiger partial charge in [-0.2, -0.15) is 0 Å². The SMILES string of the molecule is CN(Cc1ccc2c(c1)OCCO2)C(=O)C1CC2CC2C1. The normalized spacial score (nSPS) is 28.9. The average Bonchev–Trinajstić information content (AvgIpc) is 3.12. The van der Waals surface area contributed by atoms with Crippen LogP contribution in [-0.4, -0.2) is 31.1 Å². The third-order valence-electron chi connectivity index (χ3n) is 5.00. The molecule has 0 radical (unpaired) electrons.